The molecule has 5 rings (SSSR count). The Bertz CT molecular complexity index is 1130. The Morgan fingerprint density at radius 2 is 1.62 bits per heavy atom. The lowest BCUT2D eigenvalue weighted by Crippen LogP contribution is -2.49. The van der Waals surface area contributed by atoms with Crippen LogP contribution >= 0.6 is 0 Å². The van der Waals surface area contributed by atoms with Gasteiger partial charge in [-0.3, -0.25) is 9.59 Å². The zero-order chi connectivity index (χ0) is 20.0. The lowest BCUT2D eigenvalue weighted by Gasteiger charge is -2.45. The molecule has 3 aromatic carbocycles. The Labute approximate surface area is 168 Å². The van der Waals surface area contributed by atoms with Crippen LogP contribution in [0.25, 0.3) is 0 Å². The molecule has 0 unspecified atom stereocenters. The quantitative estimate of drug-likeness (QED) is 0.714. The Balaban J connectivity index is 1.64. The van der Waals surface area contributed by atoms with E-state index in [0.717, 1.165) is 17.5 Å². The average molecular weight is 386 g/mol. The molecule has 2 atom stereocenters. The van der Waals surface area contributed by atoms with Gasteiger partial charge in [-0.15, -0.1) is 0 Å². The van der Waals surface area contributed by atoms with E-state index in [1.54, 1.807) is 35.2 Å². The van der Waals surface area contributed by atoms with Crippen molar-refractivity contribution in [1.82, 2.24) is 4.90 Å². The predicted octanol–water partition coefficient (Wildman–Crippen LogP) is 4.30. The monoisotopic (exact) mass is 386 g/mol. The molecule has 0 bridgehead atoms. The molecule has 2 aliphatic rings. The van der Waals surface area contributed by atoms with Crippen molar-refractivity contribution in [2.24, 2.45) is 0 Å². The minimum Gasteiger partial charge on any atom is -0.330 e. The second kappa shape index (κ2) is 6.85. The Morgan fingerprint density at radius 1 is 0.931 bits per heavy atom. The summed E-state index contributed by atoms with van der Waals surface area (Å²) >= 11 is 0. The molecular formula is C24H19FN2O2. The zero-order valence-corrected chi connectivity index (χ0v) is 15.6. The van der Waals surface area contributed by atoms with Crippen molar-refractivity contribution in [3.05, 3.63) is 101 Å². The van der Waals surface area contributed by atoms with Gasteiger partial charge in [0.2, 0.25) is 5.91 Å². The summed E-state index contributed by atoms with van der Waals surface area (Å²) in [6.45, 7) is 0.554. The molecule has 0 aromatic heterocycles. The van der Waals surface area contributed by atoms with Gasteiger partial charge in [0.05, 0.1) is 17.6 Å². The smallest absolute Gasteiger partial charge is 0.254 e. The largest absolute Gasteiger partial charge is 0.330 e. The number of hydrogen-bond donors (Lipinski definition) is 1. The van der Waals surface area contributed by atoms with Crippen LogP contribution in [0.4, 0.5) is 10.1 Å². The third kappa shape index (κ3) is 2.81. The predicted molar refractivity (Wildman–Crippen MR) is 108 cm³/mol. The zero-order valence-electron chi connectivity index (χ0n) is 15.6. The molecule has 4 nitrogen and oxygen atoms in total. The normalized spacial score (nSPS) is 19.8. The molecule has 29 heavy (non-hydrogen) atoms. The number of rotatable bonds is 2. The molecule has 0 spiro atoms. The van der Waals surface area contributed by atoms with Crippen LogP contribution in [0.1, 0.15) is 39.0 Å². The molecule has 0 saturated heterocycles. The third-order valence-electron chi connectivity index (χ3n) is 5.85. The van der Waals surface area contributed by atoms with E-state index in [9.17, 15) is 14.0 Å². The van der Waals surface area contributed by atoms with Crippen LogP contribution in [0.5, 0.6) is 0 Å². The van der Waals surface area contributed by atoms with Crippen LogP contribution in [0.15, 0.2) is 72.8 Å². The molecule has 5 heteroatoms. The van der Waals surface area contributed by atoms with Gasteiger partial charge >= 0.3 is 0 Å². The molecule has 0 fully saturated rings. The Kier molecular flexibility index (Phi) is 4.16. The molecule has 2 amide bonds. The fraction of sp³-hybridized carbons (Fsp3) is 0.167. The van der Waals surface area contributed by atoms with E-state index in [1.807, 2.05) is 36.4 Å². The molecule has 0 saturated carbocycles. The summed E-state index contributed by atoms with van der Waals surface area (Å²) in [5.74, 6) is -1.48. The van der Waals surface area contributed by atoms with E-state index in [-0.39, 0.29) is 17.5 Å². The van der Waals surface area contributed by atoms with Gasteiger partial charge in [0.15, 0.2) is 0 Å². The lowest BCUT2D eigenvalue weighted by atomic mass is 9.76. The highest BCUT2D eigenvalue weighted by Crippen LogP contribution is 2.46. The Hall–Kier alpha value is -3.47. The summed E-state index contributed by atoms with van der Waals surface area (Å²) in [7, 11) is 0. The first-order chi connectivity index (χ1) is 14.1. The first-order valence-electron chi connectivity index (χ1n) is 9.68. The van der Waals surface area contributed by atoms with Gasteiger partial charge in [0, 0.05) is 12.1 Å². The van der Waals surface area contributed by atoms with Gasteiger partial charge in [-0.2, -0.15) is 0 Å². The number of carbonyl (C=O) groups is 2. The van der Waals surface area contributed by atoms with Gasteiger partial charge in [0.25, 0.3) is 5.91 Å². The highest BCUT2D eigenvalue weighted by atomic mass is 19.1. The first kappa shape index (κ1) is 17.6. The summed E-state index contributed by atoms with van der Waals surface area (Å²) in [5.41, 5.74) is 3.49. The van der Waals surface area contributed by atoms with Crippen molar-refractivity contribution in [2.75, 3.05) is 11.9 Å². The fourth-order valence-electron chi connectivity index (χ4n) is 4.53. The minimum atomic E-state index is -0.620. The summed E-state index contributed by atoms with van der Waals surface area (Å²) < 4.78 is 14.2. The van der Waals surface area contributed by atoms with E-state index < -0.39 is 17.8 Å². The molecule has 0 aliphatic carbocycles. The van der Waals surface area contributed by atoms with Crippen LogP contribution in [0.3, 0.4) is 0 Å². The van der Waals surface area contributed by atoms with E-state index >= 15 is 0 Å². The molecule has 0 radical (unpaired) electrons. The maximum Gasteiger partial charge on any atom is 0.254 e. The molecule has 2 aliphatic heterocycles. The SMILES string of the molecule is O=C(Nc1ccccc1F)[C@@H]1c2ccccc2C(=O)N2CCc3ccccc3[C@H]12. The number of fused-ring (bicyclic) bond motifs is 4. The number of para-hydroxylation sites is 1. The average Bonchev–Trinajstić information content (AvgIpc) is 2.75. The number of hydrogen-bond acceptors (Lipinski definition) is 2. The summed E-state index contributed by atoms with van der Waals surface area (Å²) in [5, 5.41) is 2.75. The van der Waals surface area contributed by atoms with Crippen molar-refractivity contribution >= 4 is 17.5 Å². The first-order valence-corrected chi connectivity index (χ1v) is 9.68. The number of carbonyl (C=O) groups excluding carboxylic acids is 2. The van der Waals surface area contributed by atoms with Crippen molar-refractivity contribution in [3.8, 4) is 0 Å². The van der Waals surface area contributed by atoms with Crippen LogP contribution in [0, 0.1) is 5.82 Å². The standard InChI is InChI=1S/C24H19FN2O2/c25-19-11-5-6-12-20(19)26-23(28)21-17-9-3-4-10-18(17)24(29)27-14-13-15-7-1-2-8-16(15)22(21)27/h1-12,21-22H,13-14H2,(H,26,28)/t21-,22-/m1/s1. The summed E-state index contributed by atoms with van der Waals surface area (Å²) in [4.78, 5) is 28.4. The number of nitrogens with zero attached hydrogens (tertiary/aromatic N) is 1. The summed E-state index contributed by atoms with van der Waals surface area (Å²) in [6, 6.07) is 20.9. The highest BCUT2D eigenvalue weighted by molar-refractivity contribution is 6.04. The second-order valence-corrected chi connectivity index (χ2v) is 7.43. The highest BCUT2D eigenvalue weighted by Gasteiger charge is 2.46. The number of benzene rings is 3. The molecule has 1 N–H and O–H groups in total. The van der Waals surface area contributed by atoms with Crippen LogP contribution in [-0.4, -0.2) is 23.3 Å². The second-order valence-electron chi connectivity index (χ2n) is 7.43. The maximum atomic E-state index is 14.2. The fourth-order valence-corrected chi connectivity index (χ4v) is 4.53. The molecule has 3 aromatic rings. The van der Waals surface area contributed by atoms with E-state index in [0.29, 0.717) is 17.7 Å². The number of amides is 2. The van der Waals surface area contributed by atoms with Gasteiger partial charge in [-0.25, -0.2) is 4.39 Å². The van der Waals surface area contributed by atoms with Crippen LogP contribution < -0.4 is 5.32 Å². The number of anilines is 1. The van der Waals surface area contributed by atoms with Crippen molar-refractivity contribution in [2.45, 2.75) is 18.4 Å². The topological polar surface area (TPSA) is 49.4 Å². The van der Waals surface area contributed by atoms with Crippen molar-refractivity contribution < 1.29 is 14.0 Å². The van der Waals surface area contributed by atoms with Gasteiger partial charge in [-0.1, -0.05) is 54.6 Å². The van der Waals surface area contributed by atoms with E-state index in [1.165, 1.54) is 6.07 Å². The van der Waals surface area contributed by atoms with Gasteiger partial charge in [-0.05, 0) is 41.3 Å². The van der Waals surface area contributed by atoms with Crippen LogP contribution in [-0.2, 0) is 11.2 Å². The molecule has 144 valence electrons. The third-order valence-corrected chi connectivity index (χ3v) is 5.85. The maximum absolute atomic E-state index is 14.2. The Morgan fingerprint density at radius 3 is 2.45 bits per heavy atom. The van der Waals surface area contributed by atoms with Crippen LogP contribution in [0.2, 0.25) is 0 Å². The molecule has 2 heterocycles. The van der Waals surface area contributed by atoms with Crippen molar-refractivity contribution in [3.63, 3.8) is 0 Å². The van der Waals surface area contributed by atoms with Crippen molar-refractivity contribution in [1.29, 1.82) is 0 Å². The van der Waals surface area contributed by atoms with Gasteiger partial charge in [0.1, 0.15) is 5.82 Å². The van der Waals surface area contributed by atoms with E-state index in [4.69, 9.17) is 0 Å². The minimum absolute atomic E-state index is 0.0601. The lowest BCUT2D eigenvalue weighted by molar-refractivity contribution is -0.119. The number of nitrogens with one attached hydrogen (secondary N) is 1. The number of halogens is 1. The van der Waals surface area contributed by atoms with Gasteiger partial charge < -0.3 is 10.2 Å². The summed E-state index contributed by atoms with van der Waals surface area (Å²) in [6.07, 6.45) is 0.752. The molecular weight excluding hydrogens is 367 g/mol. The van der Waals surface area contributed by atoms with E-state index in [2.05, 4.69) is 5.32 Å².